The van der Waals surface area contributed by atoms with E-state index in [2.05, 4.69) is 36.7 Å². The van der Waals surface area contributed by atoms with Crippen molar-refractivity contribution in [1.82, 2.24) is 0 Å². The lowest BCUT2D eigenvalue weighted by atomic mass is 10.0. The summed E-state index contributed by atoms with van der Waals surface area (Å²) in [6.45, 7) is 8.92. The maximum atomic E-state index is 10.3. The van der Waals surface area contributed by atoms with Gasteiger partial charge in [-0.3, -0.25) is 9.05 Å². The van der Waals surface area contributed by atoms with Gasteiger partial charge < -0.3 is 34.3 Å². The minimum atomic E-state index is -4.64. The second kappa shape index (κ2) is 19.8. The zero-order valence-electron chi connectivity index (χ0n) is 18.7. The van der Waals surface area contributed by atoms with Gasteiger partial charge in [0.25, 0.3) is 0 Å². The summed E-state index contributed by atoms with van der Waals surface area (Å²) in [5, 5.41) is 0. The topological polar surface area (TPSA) is 211 Å². The van der Waals surface area contributed by atoms with E-state index < -0.39 is 23.5 Å². The van der Waals surface area contributed by atoms with Crippen molar-refractivity contribution in [3.05, 3.63) is 0 Å². The number of hydrogen-bond acceptors (Lipinski definition) is 5. The van der Waals surface area contributed by atoms with E-state index in [1.165, 1.54) is 12.8 Å². The summed E-state index contributed by atoms with van der Waals surface area (Å²) in [6.07, 6.45) is 7.97. The van der Waals surface area contributed by atoms with E-state index in [-0.39, 0.29) is 13.2 Å². The Morgan fingerprint density at radius 1 is 0.548 bits per heavy atom. The maximum absolute atomic E-state index is 10.3. The van der Waals surface area contributed by atoms with Crippen LogP contribution in [0.5, 0.6) is 0 Å². The summed E-state index contributed by atoms with van der Waals surface area (Å²) in [4.78, 5) is 55.0. The molecule has 0 aliphatic heterocycles. The van der Waals surface area contributed by atoms with E-state index in [1.54, 1.807) is 0 Å². The average molecular weight is 518 g/mol. The Labute approximate surface area is 185 Å². The van der Waals surface area contributed by atoms with Gasteiger partial charge in [-0.1, -0.05) is 66.2 Å². The van der Waals surface area contributed by atoms with Gasteiger partial charge in [0.05, 0.1) is 13.2 Å². The Balaban J connectivity index is -0.000000419. The molecule has 192 valence electrons. The van der Waals surface area contributed by atoms with Gasteiger partial charge in [-0.25, -0.2) is 13.7 Å². The molecule has 0 amide bonds. The molecule has 0 unspecified atom stereocenters. The predicted octanol–water partition coefficient (Wildman–Crippen LogP) is 3.70. The molecule has 0 aromatic rings. The van der Waals surface area contributed by atoms with E-state index in [0.29, 0.717) is 12.3 Å². The number of hydrogen-bond donors (Lipinski definition) is 7. The molecular weight excluding hydrogens is 477 g/mol. The fraction of sp³-hybridized carbons (Fsp3) is 1.00. The Kier molecular flexibility index (Phi) is 22.9. The predicted molar refractivity (Wildman–Crippen MR) is 117 cm³/mol. The molecule has 0 bridgehead atoms. The molecule has 0 saturated carbocycles. The highest BCUT2D eigenvalue weighted by atomic mass is 31.2. The SMILES string of the molecule is CC(C)CCCCCCOP(=O)(O)O.CC(C)CCCCOP(=O)(O)O.O=P(O)(O)O. The van der Waals surface area contributed by atoms with Crippen LogP contribution in [0, 0.1) is 11.8 Å². The second-order valence-electron chi connectivity index (χ2n) is 7.65. The zero-order valence-corrected chi connectivity index (χ0v) is 21.4. The van der Waals surface area contributed by atoms with Crippen molar-refractivity contribution in [1.29, 1.82) is 0 Å². The molecule has 15 heteroatoms. The fourth-order valence-corrected chi connectivity index (χ4v) is 2.76. The van der Waals surface area contributed by atoms with Crippen molar-refractivity contribution in [2.24, 2.45) is 11.8 Å². The van der Waals surface area contributed by atoms with Crippen LogP contribution in [-0.2, 0) is 22.7 Å². The largest absolute Gasteiger partial charge is 0.469 e. The van der Waals surface area contributed by atoms with Gasteiger partial charge in [0, 0.05) is 0 Å². The smallest absolute Gasteiger partial charge is 0.303 e. The molecule has 7 N–H and O–H groups in total. The van der Waals surface area contributed by atoms with Crippen LogP contribution in [0.15, 0.2) is 0 Å². The first kappa shape index (κ1) is 35.9. The molecule has 12 nitrogen and oxygen atoms in total. The normalized spacial score (nSPS) is 12.3. The van der Waals surface area contributed by atoms with E-state index >= 15 is 0 Å². The summed E-state index contributed by atoms with van der Waals surface area (Å²) >= 11 is 0. The minimum absolute atomic E-state index is 0.150. The number of phosphoric acid groups is 3. The van der Waals surface area contributed by atoms with Crippen molar-refractivity contribution >= 4 is 23.5 Å². The summed E-state index contributed by atoms with van der Waals surface area (Å²) < 4.78 is 38.0. The molecule has 0 saturated heterocycles. The number of phosphoric ester groups is 2. The first-order valence-electron chi connectivity index (χ1n) is 10.0. The van der Waals surface area contributed by atoms with E-state index in [0.717, 1.165) is 38.0 Å². The van der Waals surface area contributed by atoms with Crippen LogP contribution in [0.25, 0.3) is 0 Å². The van der Waals surface area contributed by atoms with Gasteiger partial charge in [-0.15, -0.1) is 0 Å². The zero-order chi connectivity index (χ0) is 25.1. The molecule has 0 aromatic carbocycles. The minimum Gasteiger partial charge on any atom is -0.303 e. The van der Waals surface area contributed by atoms with Gasteiger partial charge in [0.2, 0.25) is 0 Å². The molecule has 0 rings (SSSR count). The number of rotatable bonds is 14. The van der Waals surface area contributed by atoms with Gasteiger partial charge in [0.1, 0.15) is 0 Å². The lowest BCUT2D eigenvalue weighted by Crippen LogP contribution is -1.94. The van der Waals surface area contributed by atoms with Gasteiger partial charge in [0.15, 0.2) is 0 Å². The Morgan fingerprint density at radius 3 is 1.10 bits per heavy atom. The summed E-state index contributed by atoms with van der Waals surface area (Å²) in [5.41, 5.74) is 0. The lowest BCUT2D eigenvalue weighted by molar-refractivity contribution is 0.191. The third kappa shape index (κ3) is 58.9. The average Bonchev–Trinajstić information content (AvgIpc) is 2.50. The van der Waals surface area contributed by atoms with E-state index in [4.69, 9.17) is 38.8 Å². The van der Waals surface area contributed by atoms with Crippen LogP contribution in [0.1, 0.15) is 79.1 Å². The third-order valence-electron chi connectivity index (χ3n) is 3.37. The molecule has 0 radical (unpaired) electrons. The maximum Gasteiger partial charge on any atom is 0.469 e. The van der Waals surface area contributed by atoms with Crippen LogP contribution in [0.2, 0.25) is 0 Å². The highest BCUT2D eigenvalue weighted by Crippen LogP contribution is 2.36. The molecule has 0 aromatic heterocycles. The van der Waals surface area contributed by atoms with Crippen molar-refractivity contribution < 1.29 is 57.0 Å². The van der Waals surface area contributed by atoms with Crippen LogP contribution < -0.4 is 0 Å². The van der Waals surface area contributed by atoms with Crippen molar-refractivity contribution in [3.63, 3.8) is 0 Å². The van der Waals surface area contributed by atoms with Crippen molar-refractivity contribution in [3.8, 4) is 0 Å². The summed E-state index contributed by atoms with van der Waals surface area (Å²) in [7, 11) is -13.1. The molecule has 0 fully saturated rings. The second-order valence-corrected chi connectivity index (χ2v) is 11.2. The Hall–Kier alpha value is 0.330. The standard InChI is InChI=1S/C9H21O4P.C7H17O4P.H3O4P/c1-9(2)7-5-3-4-6-8-13-14(10,11)12;1-7(2)5-3-4-6-11-12(8,9)10;1-5(2,3)4/h9H,3-8H2,1-2H3,(H2,10,11,12);7H,3-6H2,1-2H3,(H2,8,9,10);(H3,1,2,3,4). The molecule has 0 heterocycles. The fourth-order valence-electron chi connectivity index (χ4n) is 2.03. The van der Waals surface area contributed by atoms with Crippen molar-refractivity contribution in [2.45, 2.75) is 79.1 Å². The molecule has 0 atom stereocenters. The highest BCUT2D eigenvalue weighted by Gasteiger charge is 2.13. The van der Waals surface area contributed by atoms with Crippen molar-refractivity contribution in [2.75, 3.05) is 13.2 Å². The van der Waals surface area contributed by atoms with Gasteiger partial charge in [-0.2, -0.15) is 0 Å². The monoisotopic (exact) mass is 518 g/mol. The lowest BCUT2D eigenvalue weighted by Gasteiger charge is -2.05. The van der Waals surface area contributed by atoms with Crippen LogP contribution in [-0.4, -0.2) is 47.5 Å². The Morgan fingerprint density at radius 2 is 0.806 bits per heavy atom. The van der Waals surface area contributed by atoms with E-state index in [1.807, 2.05) is 0 Å². The molecule has 0 aliphatic rings. The summed E-state index contributed by atoms with van der Waals surface area (Å²) in [5.74, 6) is 1.38. The summed E-state index contributed by atoms with van der Waals surface area (Å²) in [6, 6.07) is 0. The van der Waals surface area contributed by atoms with Crippen LogP contribution in [0.3, 0.4) is 0 Å². The third-order valence-corrected chi connectivity index (χ3v) is 4.41. The molecule has 0 aliphatic carbocycles. The highest BCUT2D eigenvalue weighted by molar-refractivity contribution is 7.46. The molecule has 31 heavy (non-hydrogen) atoms. The first-order chi connectivity index (χ1) is 13.8. The van der Waals surface area contributed by atoms with Gasteiger partial charge >= 0.3 is 23.5 Å². The quantitative estimate of drug-likeness (QED) is 0.130. The van der Waals surface area contributed by atoms with Crippen LogP contribution >= 0.6 is 23.5 Å². The van der Waals surface area contributed by atoms with Gasteiger partial charge in [-0.05, 0) is 24.7 Å². The first-order valence-corrected chi connectivity index (χ1v) is 14.6. The van der Waals surface area contributed by atoms with E-state index in [9.17, 15) is 9.13 Å². The Bertz CT molecular complexity index is 530. The molecule has 0 spiro atoms. The molecular formula is C16H41O12P3. The van der Waals surface area contributed by atoms with Crippen LogP contribution in [0.4, 0.5) is 0 Å². The number of unbranched alkanes of at least 4 members (excludes halogenated alkanes) is 4.